The number of aryl methyl sites for hydroxylation is 1. The van der Waals surface area contributed by atoms with Gasteiger partial charge in [-0.1, -0.05) is 12.1 Å². The molecule has 2 aromatic rings. The smallest absolute Gasteiger partial charge is 0.328 e. The van der Waals surface area contributed by atoms with Crippen molar-refractivity contribution in [3.63, 3.8) is 0 Å². The fraction of sp³-hybridized carbons (Fsp3) is 0.133. The van der Waals surface area contributed by atoms with Crippen molar-refractivity contribution in [3.8, 4) is 0 Å². The summed E-state index contributed by atoms with van der Waals surface area (Å²) < 4.78 is 0. The van der Waals surface area contributed by atoms with E-state index in [9.17, 15) is 9.59 Å². The minimum absolute atomic E-state index is 0.170. The Morgan fingerprint density at radius 2 is 2.05 bits per heavy atom. The molecule has 0 fully saturated rings. The number of thiazole rings is 1. The number of hydrogen-bond acceptors (Lipinski definition) is 4. The lowest BCUT2D eigenvalue weighted by atomic mass is 10.1. The van der Waals surface area contributed by atoms with Gasteiger partial charge in [0.2, 0.25) is 0 Å². The van der Waals surface area contributed by atoms with Gasteiger partial charge < -0.3 is 10.4 Å². The molecule has 21 heavy (non-hydrogen) atoms. The first-order valence-electron chi connectivity index (χ1n) is 6.24. The van der Waals surface area contributed by atoms with Gasteiger partial charge in [-0.2, -0.15) is 0 Å². The Bertz CT molecular complexity index is 674. The summed E-state index contributed by atoms with van der Waals surface area (Å²) in [6, 6.07) is 6.73. The van der Waals surface area contributed by atoms with Crippen molar-refractivity contribution in [1.82, 2.24) is 10.3 Å². The SMILES string of the molecule is Cc1ncsc1CNC(=O)c1ccc(C=CC(=O)O)cc1. The second kappa shape index (κ2) is 6.81. The number of carbonyl (C=O) groups is 2. The lowest BCUT2D eigenvalue weighted by Crippen LogP contribution is -2.22. The third-order valence-electron chi connectivity index (χ3n) is 2.85. The van der Waals surface area contributed by atoms with Gasteiger partial charge in [-0.15, -0.1) is 11.3 Å². The highest BCUT2D eigenvalue weighted by atomic mass is 32.1. The Labute approximate surface area is 126 Å². The van der Waals surface area contributed by atoms with Crippen LogP contribution in [-0.4, -0.2) is 22.0 Å². The number of aromatic nitrogens is 1. The zero-order chi connectivity index (χ0) is 15.2. The summed E-state index contributed by atoms with van der Waals surface area (Å²) in [6.45, 7) is 2.36. The van der Waals surface area contributed by atoms with Gasteiger partial charge in [-0.3, -0.25) is 4.79 Å². The van der Waals surface area contributed by atoms with Crippen molar-refractivity contribution in [1.29, 1.82) is 0 Å². The molecular weight excluding hydrogens is 288 g/mol. The highest BCUT2D eigenvalue weighted by Crippen LogP contribution is 2.12. The summed E-state index contributed by atoms with van der Waals surface area (Å²) in [5, 5.41) is 11.4. The molecule has 0 unspecified atom stereocenters. The number of hydrogen-bond donors (Lipinski definition) is 2. The number of nitrogens with zero attached hydrogens (tertiary/aromatic N) is 1. The van der Waals surface area contributed by atoms with E-state index >= 15 is 0 Å². The van der Waals surface area contributed by atoms with Crippen LogP contribution in [0.25, 0.3) is 6.08 Å². The van der Waals surface area contributed by atoms with Crippen molar-refractivity contribution >= 4 is 29.3 Å². The molecule has 0 saturated carbocycles. The van der Waals surface area contributed by atoms with Crippen LogP contribution in [0.15, 0.2) is 35.9 Å². The van der Waals surface area contributed by atoms with E-state index in [0.717, 1.165) is 22.2 Å². The van der Waals surface area contributed by atoms with E-state index in [1.165, 1.54) is 17.4 Å². The second-order valence-corrected chi connectivity index (χ2v) is 5.28. The Morgan fingerprint density at radius 1 is 1.33 bits per heavy atom. The molecule has 0 aliphatic rings. The summed E-state index contributed by atoms with van der Waals surface area (Å²) in [6.07, 6.45) is 2.53. The van der Waals surface area contributed by atoms with E-state index in [1.807, 2.05) is 6.92 Å². The molecule has 5 nitrogen and oxygen atoms in total. The van der Waals surface area contributed by atoms with Gasteiger partial charge in [-0.05, 0) is 30.7 Å². The summed E-state index contributed by atoms with van der Waals surface area (Å²) in [4.78, 5) is 27.6. The molecule has 1 aromatic heterocycles. The first-order chi connectivity index (χ1) is 10.1. The summed E-state index contributed by atoms with van der Waals surface area (Å²) in [7, 11) is 0. The van der Waals surface area contributed by atoms with Gasteiger partial charge in [0.1, 0.15) is 0 Å². The van der Waals surface area contributed by atoms with Crippen molar-refractivity contribution < 1.29 is 14.7 Å². The predicted octanol–water partition coefficient (Wildman–Crippen LogP) is 2.48. The van der Waals surface area contributed by atoms with Crippen LogP contribution < -0.4 is 5.32 Å². The quantitative estimate of drug-likeness (QED) is 0.832. The summed E-state index contributed by atoms with van der Waals surface area (Å²) in [5.74, 6) is -1.17. The van der Waals surface area contributed by atoms with Crippen LogP contribution in [0.1, 0.15) is 26.5 Å². The number of amides is 1. The molecular formula is C15H14N2O3S. The Hall–Kier alpha value is -2.47. The number of carbonyl (C=O) groups excluding carboxylic acids is 1. The van der Waals surface area contributed by atoms with Gasteiger partial charge in [0.15, 0.2) is 0 Å². The third kappa shape index (κ3) is 4.25. The molecule has 2 rings (SSSR count). The fourth-order valence-corrected chi connectivity index (χ4v) is 2.39. The summed E-state index contributed by atoms with van der Waals surface area (Å²) >= 11 is 1.51. The molecule has 1 heterocycles. The number of carboxylic acids is 1. The lowest BCUT2D eigenvalue weighted by Gasteiger charge is -2.04. The summed E-state index contributed by atoms with van der Waals surface area (Å²) in [5.41, 5.74) is 3.94. The zero-order valence-electron chi connectivity index (χ0n) is 11.4. The van der Waals surface area contributed by atoms with E-state index in [1.54, 1.807) is 29.8 Å². The van der Waals surface area contributed by atoms with Crippen molar-refractivity contribution in [2.45, 2.75) is 13.5 Å². The lowest BCUT2D eigenvalue weighted by molar-refractivity contribution is -0.131. The molecule has 0 radical (unpaired) electrons. The topological polar surface area (TPSA) is 79.3 Å². The predicted molar refractivity (Wildman–Crippen MR) is 81.1 cm³/mol. The minimum atomic E-state index is -1.00. The van der Waals surface area contributed by atoms with E-state index in [2.05, 4.69) is 10.3 Å². The highest BCUT2D eigenvalue weighted by molar-refractivity contribution is 7.09. The second-order valence-electron chi connectivity index (χ2n) is 4.34. The van der Waals surface area contributed by atoms with E-state index in [0.29, 0.717) is 12.1 Å². The maximum atomic E-state index is 12.0. The van der Waals surface area contributed by atoms with Crippen LogP contribution >= 0.6 is 11.3 Å². The molecule has 108 valence electrons. The Balaban J connectivity index is 1.97. The Morgan fingerprint density at radius 3 is 2.62 bits per heavy atom. The maximum absolute atomic E-state index is 12.0. The Kier molecular flexibility index (Phi) is 4.84. The number of aliphatic carboxylic acids is 1. The molecule has 1 aromatic carbocycles. The largest absolute Gasteiger partial charge is 0.478 e. The normalized spacial score (nSPS) is 10.7. The molecule has 0 aliphatic carbocycles. The number of benzene rings is 1. The highest BCUT2D eigenvalue weighted by Gasteiger charge is 2.07. The van der Waals surface area contributed by atoms with Crippen LogP contribution in [0.5, 0.6) is 0 Å². The van der Waals surface area contributed by atoms with Gasteiger partial charge in [0, 0.05) is 16.5 Å². The van der Waals surface area contributed by atoms with Crippen LogP contribution in [0.2, 0.25) is 0 Å². The first-order valence-corrected chi connectivity index (χ1v) is 7.12. The van der Waals surface area contributed by atoms with Gasteiger partial charge in [0.25, 0.3) is 5.91 Å². The van der Waals surface area contributed by atoms with Crippen LogP contribution in [0, 0.1) is 6.92 Å². The number of nitrogens with one attached hydrogen (secondary N) is 1. The molecule has 6 heteroatoms. The fourth-order valence-electron chi connectivity index (χ4n) is 1.67. The average molecular weight is 302 g/mol. The minimum Gasteiger partial charge on any atom is -0.478 e. The van der Waals surface area contributed by atoms with Crippen molar-refractivity contribution in [2.75, 3.05) is 0 Å². The molecule has 0 aliphatic heterocycles. The number of carboxylic acid groups (broad SMARTS) is 1. The van der Waals surface area contributed by atoms with Crippen molar-refractivity contribution in [3.05, 3.63) is 57.6 Å². The molecule has 0 bridgehead atoms. The average Bonchev–Trinajstić information content (AvgIpc) is 2.88. The molecule has 1 amide bonds. The molecule has 0 spiro atoms. The van der Waals surface area contributed by atoms with Crippen LogP contribution in [0.3, 0.4) is 0 Å². The standard InChI is InChI=1S/C15H14N2O3S/c1-10-13(21-9-17-10)8-16-15(20)12-5-2-11(3-6-12)4-7-14(18)19/h2-7,9H,8H2,1H3,(H,16,20)(H,18,19). The monoisotopic (exact) mass is 302 g/mol. The van der Waals surface area contributed by atoms with Crippen molar-refractivity contribution in [2.24, 2.45) is 0 Å². The van der Waals surface area contributed by atoms with E-state index < -0.39 is 5.97 Å². The zero-order valence-corrected chi connectivity index (χ0v) is 12.2. The molecule has 2 N–H and O–H groups in total. The van der Waals surface area contributed by atoms with Crippen LogP contribution in [-0.2, 0) is 11.3 Å². The van der Waals surface area contributed by atoms with E-state index in [-0.39, 0.29) is 5.91 Å². The first kappa shape index (κ1) is 14.9. The molecule has 0 saturated heterocycles. The number of rotatable bonds is 5. The van der Waals surface area contributed by atoms with Gasteiger partial charge in [-0.25, -0.2) is 9.78 Å². The molecule has 0 atom stereocenters. The van der Waals surface area contributed by atoms with Gasteiger partial charge in [0.05, 0.1) is 17.7 Å². The van der Waals surface area contributed by atoms with Crippen LogP contribution in [0.4, 0.5) is 0 Å². The van der Waals surface area contributed by atoms with E-state index in [4.69, 9.17) is 5.11 Å². The maximum Gasteiger partial charge on any atom is 0.328 e. The third-order valence-corrected chi connectivity index (χ3v) is 3.78. The van der Waals surface area contributed by atoms with Gasteiger partial charge >= 0.3 is 5.97 Å².